The maximum absolute atomic E-state index is 10.9. The van der Waals surface area contributed by atoms with Gasteiger partial charge in [0.2, 0.25) is 0 Å². The monoisotopic (exact) mass is 305 g/mol. The van der Waals surface area contributed by atoms with Crippen molar-refractivity contribution in [2.24, 2.45) is 0 Å². The fourth-order valence-electron chi connectivity index (χ4n) is 1.89. The molecule has 2 aromatic rings. The van der Waals surface area contributed by atoms with Gasteiger partial charge in [0.15, 0.2) is 0 Å². The third-order valence-corrected chi connectivity index (χ3v) is 3.49. The van der Waals surface area contributed by atoms with E-state index in [2.05, 4.69) is 11.1 Å². The lowest BCUT2D eigenvalue weighted by atomic mass is 10.1. The number of nitriles is 1. The standard InChI is InChI=1S/C14H15N3O3S/c1-21(18,19)20-7-6-17-11-16-10-14(17)8-12-2-4-13(9-15)5-3-12/h2-5,10-11H,6-8H2,1H3. The highest BCUT2D eigenvalue weighted by molar-refractivity contribution is 7.85. The predicted molar refractivity (Wildman–Crippen MR) is 77.0 cm³/mol. The topological polar surface area (TPSA) is 85.0 Å². The van der Waals surface area contributed by atoms with Crippen molar-refractivity contribution in [1.82, 2.24) is 9.55 Å². The summed E-state index contributed by atoms with van der Waals surface area (Å²) in [5, 5.41) is 8.76. The van der Waals surface area contributed by atoms with Crippen molar-refractivity contribution in [2.75, 3.05) is 12.9 Å². The van der Waals surface area contributed by atoms with E-state index in [0.717, 1.165) is 17.5 Å². The number of hydrogen-bond donors (Lipinski definition) is 0. The molecule has 0 unspecified atom stereocenters. The lowest BCUT2D eigenvalue weighted by Gasteiger charge is -2.08. The van der Waals surface area contributed by atoms with Crippen LogP contribution in [0.15, 0.2) is 36.8 Å². The predicted octanol–water partition coefficient (Wildman–Crippen LogP) is 1.32. The molecule has 0 aliphatic rings. The Morgan fingerprint density at radius 1 is 1.33 bits per heavy atom. The lowest BCUT2D eigenvalue weighted by molar-refractivity contribution is 0.302. The third kappa shape index (κ3) is 4.70. The van der Waals surface area contributed by atoms with Crippen LogP contribution >= 0.6 is 0 Å². The number of hydrogen-bond acceptors (Lipinski definition) is 5. The van der Waals surface area contributed by atoms with Gasteiger partial charge in [-0.15, -0.1) is 0 Å². The highest BCUT2D eigenvalue weighted by Gasteiger charge is 2.06. The highest BCUT2D eigenvalue weighted by atomic mass is 32.2. The fraction of sp³-hybridized carbons (Fsp3) is 0.286. The average molecular weight is 305 g/mol. The average Bonchev–Trinajstić information content (AvgIpc) is 2.86. The summed E-state index contributed by atoms with van der Waals surface area (Å²) in [7, 11) is -3.42. The molecular weight excluding hydrogens is 290 g/mol. The molecule has 0 atom stereocenters. The van der Waals surface area contributed by atoms with Crippen LogP contribution in [0.3, 0.4) is 0 Å². The van der Waals surface area contributed by atoms with Gasteiger partial charge in [0.1, 0.15) is 0 Å². The van der Waals surface area contributed by atoms with Crippen molar-refractivity contribution in [3.05, 3.63) is 53.6 Å². The molecule has 1 aromatic carbocycles. The number of imidazole rings is 1. The van der Waals surface area contributed by atoms with E-state index in [9.17, 15) is 8.42 Å². The maximum Gasteiger partial charge on any atom is 0.264 e. The van der Waals surface area contributed by atoms with Crippen LogP contribution in [0.5, 0.6) is 0 Å². The minimum absolute atomic E-state index is 0.0789. The van der Waals surface area contributed by atoms with E-state index in [1.54, 1.807) is 24.7 Å². The summed E-state index contributed by atoms with van der Waals surface area (Å²) in [6.45, 7) is 0.494. The second-order valence-corrected chi connectivity index (χ2v) is 6.23. The molecule has 110 valence electrons. The van der Waals surface area contributed by atoms with Crippen LogP contribution in [0.2, 0.25) is 0 Å². The zero-order valence-electron chi connectivity index (χ0n) is 11.6. The first-order valence-electron chi connectivity index (χ1n) is 6.30. The molecule has 0 amide bonds. The minimum Gasteiger partial charge on any atom is -0.332 e. The molecule has 1 heterocycles. The smallest absolute Gasteiger partial charge is 0.264 e. The van der Waals surface area contributed by atoms with Gasteiger partial charge in [-0.1, -0.05) is 12.1 Å². The summed E-state index contributed by atoms with van der Waals surface area (Å²) in [6.07, 6.45) is 5.06. The summed E-state index contributed by atoms with van der Waals surface area (Å²) < 4.78 is 28.4. The van der Waals surface area contributed by atoms with Crippen molar-refractivity contribution < 1.29 is 12.6 Å². The van der Waals surface area contributed by atoms with Crippen LogP contribution in [0.25, 0.3) is 0 Å². The van der Waals surface area contributed by atoms with E-state index in [1.807, 2.05) is 16.7 Å². The molecule has 0 saturated carbocycles. The van der Waals surface area contributed by atoms with E-state index < -0.39 is 10.1 Å². The second kappa shape index (κ2) is 6.52. The van der Waals surface area contributed by atoms with Crippen LogP contribution < -0.4 is 0 Å². The Morgan fingerprint density at radius 3 is 2.67 bits per heavy atom. The Kier molecular flexibility index (Phi) is 4.73. The molecule has 0 fully saturated rings. The van der Waals surface area contributed by atoms with E-state index >= 15 is 0 Å². The molecule has 0 spiro atoms. The summed E-state index contributed by atoms with van der Waals surface area (Å²) in [6, 6.07) is 9.39. The molecule has 2 rings (SSSR count). The Bertz CT molecular complexity index is 743. The van der Waals surface area contributed by atoms with Crippen LogP contribution in [-0.4, -0.2) is 30.8 Å². The van der Waals surface area contributed by atoms with Gasteiger partial charge in [0.05, 0.1) is 30.8 Å². The van der Waals surface area contributed by atoms with Crippen molar-refractivity contribution in [2.45, 2.75) is 13.0 Å². The third-order valence-electron chi connectivity index (χ3n) is 2.90. The van der Waals surface area contributed by atoms with E-state index in [4.69, 9.17) is 9.44 Å². The van der Waals surface area contributed by atoms with E-state index in [0.29, 0.717) is 18.5 Å². The number of benzene rings is 1. The molecule has 21 heavy (non-hydrogen) atoms. The number of aromatic nitrogens is 2. The molecule has 0 N–H and O–H groups in total. The van der Waals surface area contributed by atoms with Crippen molar-refractivity contribution >= 4 is 10.1 Å². The van der Waals surface area contributed by atoms with Crippen molar-refractivity contribution in [3.63, 3.8) is 0 Å². The number of nitrogens with zero attached hydrogens (tertiary/aromatic N) is 3. The van der Waals surface area contributed by atoms with Gasteiger partial charge in [0.25, 0.3) is 10.1 Å². The van der Waals surface area contributed by atoms with Crippen LogP contribution in [0.1, 0.15) is 16.8 Å². The molecular formula is C14H15N3O3S. The first-order valence-corrected chi connectivity index (χ1v) is 8.12. The molecule has 0 bridgehead atoms. The highest BCUT2D eigenvalue weighted by Crippen LogP contribution is 2.10. The normalized spacial score (nSPS) is 11.2. The molecule has 0 aliphatic carbocycles. The van der Waals surface area contributed by atoms with Crippen LogP contribution in [0.4, 0.5) is 0 Å². The fourth-order valence-corrected chi connectivity index (χ4v) is 2.27. The summed E-state index contributed by atoms with van der Waals surface area (Å²) >= 11 is 0. The van der Waals surface area contributed by atoms with Gasteiger partial charge >= 0.3 is 0 Å². The summed E-state index contributed by atoms with van der Waals surface area (Å²) in [4.78, 5) is 4.07. The molecule has 7 heteroatoms. The first-order chi connectivity index (χ1) is 9.98. The largest absolute Gasteiger partial charge is 0.332 e. The summed E-state index contributed by atoms with van der Waals surface area (Å²) in [5.41, 5.74) is 2.63. The zero-order chi connectivity index (χ0) is 15.3. The van der Waals surface area contributed by atoms with E-state index in [1.165, 1.54) is 0 Å². The Balaban J connectivity index is 2.01. The van der Waals surface area contributed by atoms with Gasteiger partial charge in [0, 0.05) is 24.9 Å². The maximum atomic E-state index is 10.9. The van der Waals surface area contributed by atoms with Crippen LogP contribution in [-0.2, 0) is 27.3 Å². The minimum atomic E-state index is -3.42. The van der Waals surface area contributed by atoms with Crippen molar-refractivity contribution in [3.8, 4) is 6.07 Å². The Labute approximate surface area is 123 Å². The Hall–Kier alpha value is -2.17. The Morgan fingerprint density at radius 2 is 2.05 bits per heavy atom. The molecule has 0 radical (unpaired) electrons. The van der Waals surface area contributed by atoms with Crippen molar-refractivity contribution in [1.29, 1.82) is 5.26 Å². The molecule has 6 nitrogen and oxygen atoms in total. The molecule has 0 aliphatic heterocycles. The first kappa shape index (κ1) is 15.2. The zero-order valence-corrected chi connectivity index (χ0v) is 12.4. The van der Waals surface area contributed by atoms with Gasteiger partial charge in [-0.2, -0.15) is 13.7 Å². The number of rotatable bonds is 6. The quantitative estimate of drug-likeness (QED) is 0.751. The second-order valence-electron chi connectivity index (χ2n) is 4.59. The van der Waals surface area contributed by atoms with Crippen LogP contribution in [0, 0.1) is 11.3 Å². The lowest BCUT2D eigenvalue weighted by Crippen LogP contribution is -2.11. The van der Waals surface area contributed by atoms with E-state index in [-0.39, 0.29) is 6.61 Å². The van der Waals surface area contributed by atoms with Gasteiger partial charge in [-0.05, 0) is 17.7 Å². The SMILES string of the molecule is CS(=O)(=O)OCCn1cncc1Cc1ccc(C#N)cc1. The van der Waals surface area contributed by atoms with Gasteiger partial charge in [-0.3, -0.25) is 4.18 Å². The van der Waals surface area contributed by atoms with Gasteiger partial charge in [-0.25, -0.2) is 4.98 Å². The summed E-state index contributed by atoms with van der Waals surface area (Å²) in [5.74, 6) is 0. The molecule has 0 saturated heterocycles. The van der Waals surface area contributed by atoms with Gasteiger partial charge < -0.3 is 4.57 Å². The molecule has 1 aromatic heterocycles.